The number of carbonyl (C=O) groups is 1. The van der Waals surface area contributed by atoms with E-state index in [1.807, 2.05) is 0 Å². The number of nitrogens with zero attached hydrogens (tertiary/aromatic N) is 1. The van der Waals surface area contributed by atoms with Gasteiger partial charge in [0, 0.05) is 11.3 Å². The minimum atomic E-state index is -0.528. The van der Waals surface area contributed by atoms with Gasteiger partial charge in [-0.3, -0.25) is 4.79 Å². The highest BCUT2D eigenvalue weighted by atomic mass is 16.1. The van der Waals surface area contributed by atoms with Crippen molar-refractivity contribution >= 4 is 11.6 Å². The second-order valence-electron chi connectivity index (χ2n) is 3.11. The van der Waals surface area contributed by atoms with Gasteiger partial charge in [0.15, 0.2) is 0 Å². The molecular formula is C10H10N4O. The predicted octanol–water partition coefficient (Wildman–Crippen LogP) is 0.758. The van der Waals surface area contributed by atoms with E-state index in [4.69, 9.17) is 11.5 Å². The molecule has 15 heavy (non-hydrogen) atoms. The van der Waals surface area contributed by atoms with Gasteiger partial charge in [-0.15, -0.1) is 0 Å². The second kappa shape index (κ2) is 3.45. The molecule has 5 N–H and O–H groups in total. The maximum absolute atomic E-state index is 11.0. The minimum Gasteiger partial charge on any atom is -0.399 e. The van der Waals surface area contributed by atoms with E-state index in [1.54, 1.807) is 24.3 Å². The standard InChI is InChI=1S/C10H10N4O/c11-7-3-1-6(2-4-7)8-9(10(12)15)14-5-13-8/h1-5H,11H2,(H2,12,15)(H,13,14). The van der Waals surface area contributed by atoms with Crippen molar-refractivity contribution in [2.24, 2.45) is 5.73 Å². The third-order valence-corrected chi connectivity index (χ3v) is 2.07. The fraction of sp³-hybridized carbons (Fsp3) is 0. The smallest absolute Gasteiger partial charge is 0.267 e. The lowest BCUT2D eigenvalue weighted by Gasteiger charge is -1.99. The molecular weight excluding hydrogens is 192 g/mol. The summed E-state index contributed by atoms with van der Waals surface area (Å²) in [6.45, 7) is 0. The normalized spacial score (nSPS) is 10.1. The number of nitrogen functional groups attached to an aromatic ring is 1. The monoisotopic (exact) mass is 202 g/mol. The van der Waals surface area contributed by atoms with Crippen LogP contribution in [0.15, 0.2) is 30.6 Å². The molecule has 0 saturated carbocycles. The first-order valence-corrected chi connectivity index (χ1v) is 4.37. The number of rotatable bonds is 2. The summed E-state index contributed by atoms with van der Waals surface area (Å²) in [5, 5.41) is 0. The molecule has 2 rings (SSSR count). The van der Waals surface area contributed by atoms with Gasteiger partial charge in [0.2, 0.25) is 0 Å². The highest BCUT2D eigenvalue weighted by Crippen LogP contribution is 2.20. The number of imidazole rings is 1. The number of hydrogen-bond acceptors (Lipinski definition) is 3. The van der Waals surface area contributed by atoms with Crippen LogP contribution in [0.1, 0.15) is 10.5 Å². The molecule has 2 aromatic rings. The molecule has 1 amide bonds. The van der Waals surface area contributed by atoms with Crippen molar-refractivity contribution in [3.8, 4) is 11.3 Å². The average molecular weight is 202 g/mol. The largest absolute Gasteiger partial charge is 0.399 e. The van der Waals surface area contributed by atoms with Crippen molar-refractivity contribution in [1.29, 1.82) is 0 Å². The lowest BCUT2D eigenvalue weighted by Crippen LogP contribution is -2.12. The van der Waals surface area contributed by atoms with E-state index in [-0.39, 0.29) is 0 Å². The number of benzene rings is 1. The summed E-state index contributed by atoms with van der Waals surface area (Å²) >= 11 is 0. The summed E-state index contributed by atoms with van der Waals surface area (Å²) in [4.78, 5) is 17.8. The van der Waals surface area contributed by atoms with Crippen LogP contribution in [-0.4, -0.2) is 15.9 Å². The van der Waals surface area contributed by atoms with Crippen LogP contribution in [0.2, 0.25) is 0 Å². The molecule has 0 fully saturated rings. The van der Waals surface area contributed by atoms with Crippen LogP contribution < -0.4 is 11.5 Å². The summed E-state index contributed by atoms with van der Waals surface area (Å²) in [6, 6.07) is 7.07. The molecule has 0 aliphatic rings. The number of primary amides is 1. The zero-order chi connectivity index (χ0) is 10.8. The Morgan fingerprint density at radius 3 is 2.53 bits per heavy atom. The number of aromatic amines is 1. The Labute approximate surface area is 86.1 Å². The molecule has 0 unspecified atom stereocenters. The number of nitrogens with two attached hydrogens (primary N) is 2. The van der Waals surface area contributed by atoms with E-state index >= 15 is 0 Å². The third kappa shape index (κ3) is 1.67. The molecule has 0 aliphatic heterocycles. The Kier molecular flexibility index (Phi) is 2.13. The highest BCUT2D eigenvalue weighted by Gasteiger charge is 2.12. The molecule has 0 atom stereocenters. The number of amides is 1. The lowest BCUT2D eigenvalue weighted by molar-refractivity contribution is 0.0997. The maximum atomic E-state index is 11.0. The molecule has 0 aliphatic carbocycles. The summed E-state index contributed by atoms with van der Waals surface area (Å²) in [5.74, 6) is -0.528. The van der Waals surface area contributed by atoms with Crippen molar-refractivity contribution in [3.63, 3.8) is 0 Å². The summed E-state index contributed by atoms with van der Waals surface area (Å²) in [5.41, 5.74) is 13.1. The van der Waals surface area contributed by atoms with Crippen LogP contribution in [0.4, 0.5) is 5.69 Å². The Morgan fingerprint density at radius 2 is 1.93 bits per heavy atom. The van der Waals surface area contributed by atoms with Gasteiger partial charge in [-0.1, -0.05) is 12.1 Å². The van der Waals surface area contributed by atoms with E-state index in [1.165, 1.54) is 6.33 Å². The Bertz CT molecular complexity index is 486. The molecule has 0 spiro atoms. The molecule has 76 valence electrons. The van der Waals surface area contributed by atoms with E-state index in [0.717, 1.165) is 5.56 Å². The Hall–Kier alpha value is -2.30. The van der Waals surface area contributed by atoms with Gasteiger partial charge >= 0.3 is 0 Å². The van der Waals surface area contributed by atoms with Crippen molar-refractivity contribution in [2.75, 3.05) is 5.73 Å². The SMILES string of the molecule is NC(=O)c1[nH]cnc1-c1ccc(N)cc1. The van der Waals surface area contributed by atoms with Gasteiger partial charge in [-0.25, -0.2) is 4.98 Å². The number of hydrogen-bond donors (Lipinski definition) is 3. The highest BCUT2D eigenvalue weighted by molar-refractivity contribution is 5.96. The van der Waals surface area contributed by atoms with Gasteiger partial charge in [0.05, 0.1) is 6.33 Å². The molecule has 5 heteroatoms. The first-order valence-electron chi connectivity index (χ1n) is 4.37. The summed E-state index contributed by atoms with van der Waals surface area (Å²) in [6.07, 6.45) is 1.44. The van der Waals surface area contributed by atoms with E-state index in [0.29, 0.717) is 17.1 Å². The van der Waals surface area contributed by atoms with Crippen LogP contribution in [-0.2, 0) is 0 Å². The van der Waals surface area contributed by atoms with Gasteiger partial charge < -0.3 is 16.5 Å². The summed E-state index contributed by atoms with van der Waals surface area (Å²) in [7, 11) is 0. The molecule has 0 saturated heterocycles. The minimum absolute atomic E-state index is 0.305. The number of anilines is 1. The molecule has 1 aromatic heterocycles. The van der Waals surface area contributed by atoms with Gasteiger partial charge in [0.25, 0.3) is 5.91 Å². The van der Waals surface area contributed by atoms with Crippen LogP contribution in [0.25, 0.3) is 11.3 Å². The second-order valence-corrected chi connectivity index (χ2v) is 3.11. The fourth-order valence-corrected chi connectivity index (χ4v) is 1.34. The molecule has 1 aromatic carbocycles. The Morgan fingerprint density at radius 1 is 1.27 bits per heavy atom. The maximum Gasteiger partial charge on any atom is 0.267 e. The van der Waals surface area contributed by atoms with E-state index in [9.17, 15) is 4.79 Å². The topological polar surface area (TPSA) is 97.8 Å². The van der Waals surface area contributed by atoms with Crippen LogP contribution in [0.3, 0.4) is 0 Å². The number of carbonyl (C=O) groups excluding carboxylic acids is 1. The van der Waals surface area contributed by atoms with Crippen LogP contribution >= 0.6 is 0 Å². The molecule has 0 radical (unpaired) electrons. The molecule has 1 heterocycles. The summed E-state index contributed by atoms with van der Waals surface area (Å²) < 4.78 is 0. The zero-order valence-electron chi connectivity index (χ0n) is 7.90. The first-order chi connectivity index (χ1) is 7.18. The van der Waals surface area contributed by atoms with Gasteiger partial charge in [0.1, 0.15) is 11.4 Å². The predicted molar refractivity (Wildman–Crippen MR) is 57.0 cm³/mol. The lowest BCUT2D eigenvalue weighted by atomic mass is 10.1. The molecule has 5 nitrogen and oxygen atoms in total. The van der Waals surface area contributed by atoms with Gasteiger partial charge in [-0.2, -0.15) is 0 Å². The first kappa shape index (κ1) is 9.26. The fourth-order valence-electron chi connectivity index (χ4n) is 1.34. The van der Waals surface area contributed by atoms with E-state index < -0.39 is 5.91 Å². The quantitative estimate of drug-likeness (QED) is 0.627. The van der Waals surface area contributed by atoms with Gasteiger partial charge in [-0.05, 0) is 12.1 Å². The van der Waals surface area contributed by atoms with Crippen molar-refractivity contribution in [2.45, 2.75) is 0 Å². The number of aromatic nitrogens is 2. The Balaban J connectivity index is 2.49. The van der Waals surface area contributed by atoms with E-state index in [2.05, 4.69) is 9.97 Å². The average Bonchev–Trinajstić information content (AvgIpc) is 2.67. The number of H-pyrrole nitrogens is 1. The number of nitrogens with one attached hydrogen (secondary N) is 1. The zero-order valence-corrected chi connectivity index (χ0v) is 7.90. The molecule has 0 bridgehead atoms. The van der Waals surface area contributed by atoms with Crippen molar-refractivity contribution in [1.82, 2.24) is 9.97 Å². The van der Waals surface area contributed by atoms with Crippen molar-refractivity contribution < 1.29 is 4.79 Å². The van der Waals surface area contributed by atoms with Crippen LogP contribution in [0, 0.1) is 0 Å². The van der Waals surface area contributed by atoms with Crippen LogP contribution in [0.5, 0.6) is 0 Å². The third-order valence-electron chi connectivity index (χ3n) is 2.07. The van der Waals surface area contributed by atoms with Crippen molar-refractivity contribution in [3.05, 3.63) is 36.3 Å².